The van der Waals surface area contributed by atoms with Gasteiger partial charge in [-0.1, -0.05) is 24.4 Å². The first-order valence-corrected chi connectivity index (χ1v) is 8.80. The lowest BCUT2D eigenvalue weighted by atomic mass is 9.98. The van der Waals surface area contributed by atoms with Crippen LogP contribution in [0.3, 0.4) is 0 Å². The van der Waals surface area contributed by atoms with Gasteiger partial charge in [0.1, 0.15) is 12.4 Å². The smallest absolute Gasteiger partial charge is 0.223 e. The van der Waals surface area contributed by atoms with Crippen molar-refractivity contribution in [2.24, 2.45) is 0 Å². The molecule has 0 aliphatic heterocycles. The Balaban J connectivity index is 1.57. The van der Waals surface area contributed by atoms with Crippen molar-refractivity contribution < 1.29 is 14.0 Å². The number of aromatic nitrogens is 2. The first-order valence-electron chi connectivity index (χ1n) is 8.80. The summed E-state index contributed by atoms with van der Waals surface area (Å²) in [5.74, 6) is 2.11. The zero-order valence-electron chi connectivity index (χ0n) is 14.8. The van der Waals surface area contributed by atoms with Gasteiger partial charge in [0.05, 0.1) is 12.7 Å². The Morgan fingerprint density at radius 1 is 1.04 bits per heavy atom. The number of hydrogen-bond acceptors (Lipinski definition) is 5. The van der Waals surface area contributed by atoms with Crippen molar-refractivity contribution in [3.8, 4) is 17.1 Å². The molecule has 2 aromatic rings. The monoisotopic (exact) mass is 330 g/mol. The SMILES string of the molecule is Cc1nc(-c2cc(C)c(OCCOC3CCCCC3)c(C)c2)no1. The number of hydrogen-bond donors (Lipinski definition) is 0. The molecule has 1 aromatic carbocycles. The third-order valence-corrected chi connectivity index (χ3v) is 4.48. The van der Waals surface area contributed by atoms with E-state index in [-0.39, 0.29) is 0 Å². The van der Waals surface area contributed by atoms with Crippen LogP contribution < -0.4 is 4.74 Å². The fourth-order valence-electron chi connectivity index (χ4n) is 3.31. The highest BCUT2D eigenvalue weighted by molar-refractivity contribution is 5.60. The molecule has 0 radical (unpaired) electrons. The molecule has 24 heavy (non-hydrogen) atoms. The van der Waals surface area contributed by atoms with Crippen LogP contribution in [-0.2, 0) is 4.74 Å². The van der Waals surface area contributed by atoms with Gasteiger partial charge in [-0.15, -0.1) is 0 Å². The van der Waals surface area contributed by atoms with Gasteiger partial charge < -0.3 is 14.0 Å². The van der Waals surface area contributed by atoms with Gasteiger partial charge in [0.2, 0.25) is 11.7 Å². The summed E-state index contributed by atoms with van der Waals surface area (Å²) in [6, 6.07) is 4.07. The van der Waals surface area contributed by atoms with Crippen LogP contribution in [0.1, 0.15) is 49.1 Å². The lowest BCUT2D eigenvalue weighted by molar-refractivity contribution is 0.0128. The molecule has 0 atom stereocenters. The Kier molecular flexibility index (Phi) is 5.51. The van der Waals surface area contributed by atoms with Gasteiger partial charge in [-0.05, 0) is 49.9 Å². The molecule has 1 fully saturated rings. The van der Waals surface area contributed by atoms with Gasteiger partial charge >= 0.3 is 0 Å². The Labute approximate surface area is 143 Å². The van der Waals surface area contributed by atoms with Gasteiger partial charge in [-0.2, -0.15) is 4.98 Å². The fraction of sp³-hybridized carbons (Fsp3) is 0.579. The summed E-state index contributed by atoms with van der Waals surface area (Å²) >= 11 is 0. The summed E-state index contributed by atoms with van der Waals surface area (Å²) < 4.78 is 16.9. The second-order valence-corrected chi connectivity index (χ2v) is 6.56. The quantitative estimate of drug-likeness (QED) is 0.735. The molecule has 0 spiro atoms. The van der Waals surface area contributed by atoms with E-state index in [4.69, 9.17) is 14.0 Å². The molecule has 5 nitrogen and oxygen atoms in total. The van der Waals surface area contributed by atoms with E-state index in [9.17, 15) is 0 Å². The van der Waals surface area contributed by atoms with Gasteiger partial charge in [-0.3, -0.25) is 0 Å². The van der Waals surface area contributed by atoms with Crippen molar-refractivity contribution in [3.05, 3.63) is 29.2 Å². The molecule has 130 valence electrons. The molecule has 0 amide bonds. The molecular formula is C19H26N2O3. The lowest BCUT2D eigenvalue weighted by Crippen LogP contribution is -2.20. The molecule has 0 unspecified atom stereocenters. The molecule has 5 heteroatoms. The van der Waals surface area contributed by atoms with Crippen molar-refractivity contribution in [3.63, 3.8) is 0 Å². The van der Waals surface area contributed by atoms with Crippen LogP contribution in [0, 0.1) is 20.8 Å². The molecule has 3 rings (SSSR count). The van der Waals surface area contributed by atoms with E-state index in [1.807, 2.05) is 26.0 Å². The minimum absolute atomic E-state index is 0.424. The van der Waals surface area contributed by atoms with Crippen LogP contribution in [0.5, 0.6) is 5.75 Å². The fourth-order valence-corrected chi connectivity index (χ4v) is 3.31. The Morgan fingerprint density at radius 2 is 1.75 bits per heavy atom. The molecular weight excluding hydrogens is 304 g/mol. The molecule has 1 saturated carbocycles. The summed E-state index contributed by atoms with van der Waals surface area (Å²) in [4.78, 5) is 4.28. The third kappa shape index (κ3) is 4.15. The average Bonchev–Trinajstić information content (AvgIpc) is 3.01. The molecule has 0 N–H and O–H groups in total. The van der Waals surface area contributed by atoms with Gasteiger partial charge in [0, 0.05) is 12.5 Å². The molecule has 1 aliphatic rings. The Hall–Kier alpha value is -1.88. The van der Waals surface area contributed by atoms with Crippen LogP contribution in [0.4, 0.5) is 0 Å². The zero-order valence-corrected chi connectivity index (χ0v) is 14.8. The average molecular weight is 330 g/mol. The lowest BCUT2D eigenvalue weighted by Gasteiger charge is -2.22. The minimum atomic E-state index is 0.424. The number of ether oxygens (including phenoxy) is 2. The summed E-state index contributed by atoms with van der Waals surface area (Å²) in [6.07, 6.45) is 6.74. The largest absolute Gasteiger partial charge is 0.491 e. The van der Waals surface area contributed by atoms with Crippen molar-refractivity contribution in [2.75, 3.05) is 13.2 Å². The Morgan fingerprint density at radius 3 is 2.38 bits per heavy atom. The molecule has 1 aromatic heterocycles. The first kappa shape index (κ1) is 17.0. The maximum absolute atomic E-state index is 5.97. The number of aryl methyl sites for hydroxylation is 3. The van der Waals surface area contributed by atoms with Crippen molar-refractivity contribution >= 4 is 0 Å². The molecule has 0 saturated heterocycles. The van der Waals surface area contributed by atoms with Crippen LogP contribution in [0.25, 0.3) is 11.4 Å². The number of benzene rings is 1. The van der Waals surface area contributed by atoms with Crippen LogP contribution in [0.2, 0.25) is 0 Å². The molecule has 1 aliphatic carbocycles. The van der Waals surface area contributed by atoms with E-state index in [0.29, 0.717) is 31.0 Å². The maximum Gasteiger partial charge on any atom is 0.223 e. The standard InChI is InChI=1S/C19H26N2O3/c1-13-11-16(19-20-15(3)24-21-19)12-14(2)18(13)23-10-9-22-17-7-5-4-6-8-17/h11-12,17H,4-10H2,1-3H3. The van der Waals surface area contributed by atoms with Crippen LogP contribution in [0.15, 0.2) is 16.7 Å². The van der Waals surface area contributed by atoms with E-state index in [2.05, 4.69) is 10.1 Å². The van der Waals surface area contributed by atoms with Gasteiger partial charge in [0.25, 0.3) is 0 Å². The van der Waals surface area contributed by atoms with Gasteiger partial charge in [-0.25, -0.2) is 0 Å². The van der Waals surface area contributed by atoms with E-state index >= 15 is 0 Å². The van der Waals surface area contributed by atoms with Crippen LogP contribution >= 0.6 is 0 Å². The van der Waals surface area contributed by atoms with Gasteiger partial charge in [0.15, 0.2) is 0 Å². The van der Waals surface area contributed by atoms with E-state index in [0.717, 1.165) is 22.4 Å². The maximum atomic E-state index is 5.97. The Bertz CT molecular complexity index is 652. The topological polar surface area (TPSA) is 57.4 Å². The van der Waals surface area contributed by atoms with E-state index < -0.39 is 0 Å². The second kappa shape index (κ2) is 7.79. The predicted molar refractivity (Wildman–Crippen MR) is 92.3 cm³/mol. The highest BCUT2D eigenvalue weighted by Gasteiger charge is 2.14. The first-order chi connectivity index (χ1) is 11.6. The molecule has 1 heterocycles. The number of rotatable bonds is 6. The molecule has 0 bridgehead atoms. The van der Waals surface area contributed by atoms with E-state index in [1.165, 1.54) is 32.1 Å². The minimum Gasteiger partial charge on any atom is -0.491 e. The van der Waals surface area contributed by atoms with Crippen molar-refractivity contribution in [1.82, 2.24) is 10.1 Å². The highest BCUT2D eigenvalue weighted by Crippen LogP contribution is 2.29. The highest BCUT2D eigenvalue weighted by atomic mass is 16.5. The summed E-state index contributed by atoms with van der Waals surface area (Å²) in [6.45, 7) is 7.11. The third-order valence-electron chi connectivity index (χ3n) is 4.48. The second-order valence-electron chi connectivity index (χ2n) is 6.56. The normalized spacial score (nSPS) is 15.6. The zero-order chi connectivity index (χ0) is 16.9. The van der Waals surface area contributed by atoms with Crippen molar-refractivity contribution in [2.45, 2.75) is 59.0 Å². The summed E-state index contributed by atoms with van der Waals surface area (Å²) in [7, 11) is 0. The predicted octanol–water partition coefficient (Wildman–Crippen LogP) is 4.39. The van der Waals surface area contributed by atoms with Crippen LogP contribution in [-0.4, -0.2) is 29.5 Å². The summed E-state index contributed by atoms with van der Waals surface area (Å²) in [5.41, 5.74) is 3.10. The summed E-state index contributed by atoms with van der Waals surface area (Å²) in [5, 5.41) is 3.98. The number of nitrogens with zero attached hydrogens (tertiary/aromatic N) is 2. The van der Waals surface area contributed by atoms with Crippen molar-refractivity contribution in [1.29, 1.82) is 0 Å². The van der Waals surface area contributed by atoms with E-state index in [1.54, 1.807) is 6.92 Å².